The van der Waals surface area contributed by atoms with Gasteiger partial charge in [-0.1, -0.05) is 81.5 Å². The Morgan fingerprint density at radius 1 is 0.774 bits per heavy atom. The third-order valence-electron chi connectivity index (χ3n) is 6.09. The molecule has 0 aliphatic carbocycles. The molecular formula is C28H44N2O. The monoisotopic (exact) mass is 424 g/mol. The highest BCUT2D eigenvalue weighted by atomic mass is 16.2. The zero-order valence-corrected chi connectivity index (χ0v) is 19.8. The van der Waals surface area contributed by atoms with E-state index in [0.717, 1.165) is 45.4 Å². The van der Waals surface area contributed by atoms with Crippen LogP contribution in [0.1, 0.15) is 84.0 Å². The third kappa shape index (κ3) is 11.2. The van der Waals surface area contributed by atoms with Crippen LogP contribution in [-0.4, -0.2) is 37.0 Å². The van der Waals surface area contributed by atoms with E-state index in [0.29, 0.717) is 5.91 Å². The molecule has 3 nitrogen and oxygen atoms in total. The van der Waals surface area contributed by atoms with E-state index in [2.05, 4.69) is 71.4 Å². The standard InChI is InChI=1S/C28H44N2O/c1-2-3-4-5-6-7-8-9-10-11-12-13-14-15-19-22-28(31)30-25-23-29(24-26-30)27-20-17-16-18-21-27/h6-7,9-10,16-18,20-21H,2-5,8,11-15,19,22-26H2,1H3/b7-6-,10-9-. The molecule has 31 heavy (non-hydrogen) atoms. The zero-order chi connectivity index (χ0) is 22.0. The van der Waals surface area contributed by atoms with Crippen molar-refractivity contribution in [3.63, 3.8) is 0 Å². The summed E-state index contributed by atoms with van der Waals surface area (Å²) in [6.07, 6.45) is 23.5. The predicted octanol–water partition coefficient (Wildman–Crippen LogP) is 7.15. The van der Waals surface area contributed by atoms with E-state index in [1.54, 1.807) is 0 Å². The quantitative estimate of drug-likeness (QED) is 0.220. The minimum atomic E-state index is 0.346. The van der Waals surface area contributed by atoms with Crippen LogP contribution in [0.25, 0.3) is 0 Å². The molecule has 1 aliphatic rings. The van der Waals surface area contributed by atoms with Crippen LogP contribution in [0, 0.1) is 0 Å². The van der Waals surface area contributed by atoms with E-state index in [1.165, 1.54) is 63.5 Å². The Hall–Kier alpha value is -2.03. The van der Waals surface area contributed by atoms with Crippen molar-refractivity contribution in [1.82, 2.24) is 4.90 Å². The second-order valence-electron chi connectivity index (χ2n) is 8.68. The summed E-state index contributed by atoms with van der Waals surface area (Å²) in [6.45, 7) is 5.85. The number of benzene rings is 1. The molecule has 1 heterocycles. The first-order valence-corrected chi connectivity index (χ1v) is 12.7. The molecule has 1 saturated heterocycles. The van der Waals surface area contributed by atoms with Gasteiger partial charge in [0.15, 0.2) is 0 Å². The van der Waals surface area contributed by atoms with Crippen LogP contribution < -0.4 is 4.90 Å². The second-order valence-corrected chi connectivity index (χ2v) is 8.68. The van der Waals surface area contributed by atoms with E-state index < -0.39 is 0 Å². The molecule has 0 N–H and O–H groups in total. The highest BCUT2D eigenvalue weighted by Crippen LogP contribution is 2.16. The van der Waals surface area contributed by atoms with Crippen molar-refractivity contribution in [3.8, 4) is 0 Å². The van der Waals surface area contributed by atoms with Crippen LogP contribution in [0.2, 0.25) is 0 Å². The maximum absolute atomic E-state index is 12.5. The molecule has 0 unspecified atom stereocenters. The lowest BCUT2D eigenvalue weighted by molar-refractivity contribution is -0.131. The van der Waals surface area contributed by atoms with Crippen molar-refractivity contribution in [1.29, 1.82) is 0 Å². The molecule has 0 bridgehead atoms. The van der Waals surface area contributed by atoms with Crippen molar-refractivity contribution >= 4 is 11.6 Å². The fourth-order valence-electron chi connectivity index (χ4n) is 4.10. The molecule has 0 saturated carbocycles. The maximum Gasteiger partial charge on any atom is 0.222 e. The first-order chi connectivity index (χ1) is 15.3. The van der Waals surface area contributed by atoms with Gasteiger partial charge in [0.05, 0.1) is 0 Å². The fourth-order valence-corrected chi connectivity index (χ4v) is 4.10. The number of unbranched alkanes of at least 4 members (excludes halogenated alkanes) is 8. The number of carbonyl (C=O) groups excluding carboxylic acids is 1. The van der Waals surface area contributed by atoms with Gasteiger partial charge in [0.1, 0.15) is 0 Å². The van der Waals surface area contributed by atoms with Crippen molar-refractivity contribution in [2.45, 2.75) is 84.0 Å². The minimum absolute atomic E-state index is 0.346. The van der Waals surface area contributed by atoms with Crippen LogP contribution in [0.4, 0.5) is 5.69 Å². The number of hydrogen-bond acceptors (Lipinski definition) is 2. The number of hydrogen-bond donors (Lipinski definition) is 0. The Labute approximate surface area is 191 Å². The van der Waals surface area contributed by atoms with Crippen LogP contribution >= 0.6 is 0 Å². The number of piperazine rings is 1. The van der Waals surface area contributed by atoms with E-state index in [4.69, 9.17) is 0 Å². The van der Waals surface area contributed by atoms with Gasteiger partial charge in [-0.05, 0) is 50.7 Å². The molecule has 3 heteroatoms. The van der Waals surface area contributed by atoms with E-state index in [1.807, 2.05) is 0 Å². The first kappa shape index (κ1) is 25.2. The van der Waals surface area contributed by atoms with Crippen molar-refractivity contribution in [2.24, 2.45) is 0 Å². The Kier molecular flexibility index (Phi) is 13.5. The first-order valence-electron chi connectivity index (χ1n) is 12.7. The summed E-state index contributed by atoms with van der Waals surface area (Å²) in [7, 11) is 0. The zero-order valence-electron chi connectivity index (χ0n) is 19.8. The summed E-state index contributed by atoms with van der Waals surface area (Å²) in [5.41, 5.74) is 1.27. The lowest BCUT2D eigenvalue weighted by Crippen LogP contribution is -2.48. The van der Waals surface area contributed by atoms with E-state index in [-0.39, 0.29) is 0 Å². The number of anilines is 1. The Morgan fingerprint density at radius 3 is 2.06 bits per heavy atom. The summed E-state index contributed by atoms with van der Waals surface area (Å²) < 4.78 is 0. The summed E-state index contributed by atoms with van der Waals surface area (Å²) in [6, 6.07) is 10.5. The summed E-state index contributed by atoms with van der Waals surface area (Å²) in [4.78, 5) is 16.9. The smallest absolute Gasteiger partial charge is 0.222 e. The molecule has 1 aromatic rings. The van der Waals surface area contributed by atoms with Crippen LogP contribution in [0.5, 0.6) is 0 Å². The Bertz CT molecular complexity index is 630. The number of carbonyl (C=O) groups is 1. The Balaban J connectivity index is 1.41. The third-order valence-corrected chi connectivity index (χ3v) is 6.09. The topological polar surface area (TPSA) is 23.6 Å². The second kappa shape index (κ2) is 16.6. The maximum atomic E-state index is 12.5. The fraction of sp³-hybridized carbons (Fsp3) is 0.607. The Morgan fingerprint density at radius 2 is 1.39 bits per heavy atom. The summed E-state index contributed by atoms with van der Waals surface area (Å²) in [5, 5.41) is 0. The van der Waals surface area contributed by atoms with Gasteiger partial charge in [0.2, 0.25) is 5.91 Å². The lowest BCUT2D eigenvalue weighted by atomic mass is 10.1. The number of allylic oxidation sites excluding steroid dienone is 4. The van der Waals surface area contributed by atoms with Crippen LogP contribution in [-0.2, 0) is 4.79 Å². The van der Waals surface area contributed by atoms with Gasteiger partial charge in [0.25, 0.3) is 0 Å². The number of rotatable bonds is 15. The molecule has 0 radical (unpaired) electrons. The normalized spacial score (nSPS) is 14.7. The molecule has 0 spiro atoms. The molecule has 1 aliphatic heterocycles. The number of para-hydroxylation sites is 1. The average molecular weight is 425 g/mol. The van der Waals surface area contributed by atoms with Crippen molar-refractivity contribution in [2.75, 3.05) is 31.1 Å². The molecule has 172 valence electrons. The molecular weight excluding hydrogens is 380 g/mol. The molecule has 2 rings (SSSR count). The van der Waals surface area contributed by atoms with E-state index in [9.17, 15) is 4.79 Å². The van der Waals surface area contributed by atoms with Crippen LogP contribution in [0.3, 0.4) is 0 Å². The summed E-state index contributed by atoms with van der Waals surface area (Å²) >= 11 is 0. The molecule has 1 fully saturated rings. The van der Waals surface area contributed by atoms with Gasteiger partial charge in [0, 0.05) is 38.3 Å². The van der Waals surface area contributed by atoms with Gasteiger partial charge < -0.3 is 9.80 Å². The van der Waals surface area contributed by atoms with E-state index >= 15 is 0 Å². The van der Waals surface area contributed by atoms with Gasteiger partial charge >= 0.3 is 0 Å². The molecule has 1 aromatic carbocycles. The average Bonchev–Trinajstić information content (AvgIpc) is 2.82. The number of nitrogens with zero attached hydrogens (tertiary/aromatic N) is 2. The van der Waals surface area contributed by atoms with Crippen molar-refractivity contribution in [3.05, 3.63) is 54.6 Å². The predicted molar refractivity (Wildman–Crippen MR) is 135 cm³/mol. The highest BCUT2D eigenvalue weighted by molar-refractivity contribution is 5.76. The largest absolute Gasteiger partial charge is 0.368 e. The van der Waals surface area contributed by atoms with Gasteiger partial charge in [-0.15, -0.1) is 0 Å². The van der Waals surface area contributed by atoms with Gasteiger partial charge in [-0.2, -0.15) is 0 Å². The van der Waals surface area contributed by atoms with Gasteiger partial charge in [-0.3, -0.25) is 4.79 Å². The van der Waals surface area contributed by atoms with Gasteiger partial charge in [-0.25, -0.2) is 0 Å². The molecule has 0 atom stereocenters. The number of amides is 1. The molecule has 1 amide bonds. The summed E-state index contributed by atoms with van der Waals surface area (Å²) in [5.74, 6) is 0.346. The SMILES string of the molecule is CCCCC/C=C\C/C=C\CCCCCCCC(=O)N1CCN(c2ccccc2)CC1. The van der Waals surface area contributed by atoms with Crippen molar-refractivity contribution < 1.29 is 4.79 Å². The highest BCUT2D eigenvalue weighted by Gasteiger charge is 2.20. The van der Waals surface area contributed by atoms with Crippen LogP contribution in [0.15, 0.2) is 54.6 Å². The molecule has 0 aromatic heterocycles. The lowest BCUT2D eigenvalue weighted by Gasteiger charge is -2.36. The minimum Gasteiger partial charge on any atom is -0.368 e.